The molecule has 1 atom stereocenters. The Morgan fingerprint density at radius 3 is 2.33 bits per heavy atom. The van der Waals surface area contributed by atoms with Gasteiger partial charge in [-0.3, -0.25) is 4.79 Å². The average Bonchev–Trinajstić information content (AvgIpc) is 2.66. The van der Waals surface area contributed by atoms with Crippen molar-refractivity contribution in [1.82, 2.24) is 0 Å². The third-order valence-electron chi connectivity index (χ3n) is 3.16. The first-order valence-electron chi connectivity index (χ1n) is 6.30. The molecule has 15 heavy (non-hydrogen) atoms. The molecular formula is C13H24O2. The third-order valence-corrected chi connectivity index (χ3v) is 3.16. The molecule has 0 aromatic carbocycles. The molecule has 1 fully saturated rings. The number of esters is 1. The first-order valence-corrected chi connectivity index (χ1v) is 6.30. The maximum absolute atomic E-state index is 11.7. The van der Waals surface area contributed by atoms with Crippen LogP contribution in [-0.4, -0.2) is 12.1 Å². The van der Waals surface area contributed by atoms with E-state index in [1.807, 2.05) is 6.92 Å². The van der Waals surface area contributed by atoms with E-state index in [1.54, 1.807) is 0 Å². The number of carbonyl (C=O) groups excluding carboxylic acids is 1. The summed E-state index contributed by atoms with van der Waals surface area (Å²) in [7, 11) is 0. The maximum atomic E-state index is 11.7. The Bertz CT molecular complexity index is 193. The second kappa shape index (κ2) is 6.14. The number of ether oxygens (including phenoxy) is 1. The van der Waals surface area contributed by atoms with Crippen molar-refractivity contribution >= 4 is 5.97 Å². The van der Waals surface area contributed by atoms with Gasteiger partial charge in [0.05, 0.1) is 5.92 Å². The van der Waals surface area contributed by atoms with E-state index in [0.717, 1.165) is 25.7 Å². The van der Waals surface area contributed by atoms with Crippen molar-refractivity contribution in [2.75, 3.05) is 0 Å². The van der Waals surface area contributed by atoms with Crippen LogP contribution in [0.2, 0.25) is 0 Å². The van der Waals surface area contributed by atoms with Gasteiger partial charge in [-0.2, -0.15) is 0 Å². The van der Waals surface area contributed by atoms with Crippen LogP contribution in [-0.2, 0) is 9.53 Å². The zero-order valence-corrected chi connectivity index (χ0v) is 10.3. The number of carbonyl (C=O) groups is 1. The summed E-state index contributed by atoms with van der Waals surface area (Å²) in [4.78, 5) is 11.7. The van der Waals surface area contributed by atoms with Crippen LogP contribution in [0.15, 0.2) is 0 Å². The minimum absolute atomic E-state index is 0.0163. The molecule has 1 aliphatic rings. The van der Waals surface area contributed by atoms with Crippen molar-refractivity contribution in [3.63, 3.8) is 0 Å². The average molecular weight is 212 g/mol. The van der Waals surface area contributed by atoms with Crippen LogP contribution in [0.1, 0.15) is 59.3 Å². The van der Waals surface area contributed by atoms with Crippen LogP contribution in [0.5, 0.6) is 0 Å². The number of hydrogen-bond donors (Lipinski definition) is 0. The SMILES string of the molecule is CC(C)CCC(C)C(=O)OC1CCCC1. The van der Waals surface area contributed by atoms with Gasteiger partial charge in [0.15, 0.2) is 0 Å². The number of hydrogen-bond acceptors (Lipinski definition) is 2. The first-order chi connectivity index (χ1) is 7.09. The highest BCUT2D eigenvalue weighted by Crippen LogP contribution is 2.23. The van der Waals surface area contributed by atoms with E-state index in [2.05, 4.69) is 13.8 Å². The van der Waals surface area contributed by atoms with Crippen molar-refractivity contribution in [3.05, 3.63) is 0 Å². The maximum Gasteiger partial charge on any atom is 0.308 e. The summed E-state index contributed by atoms with van der Waals surface area (Å²) in [5.74, 6) is 0.766. The van der Waals surface area contributed by atoms with Crippen LogP contribution < -0.4 is 0 Å². The van der Waals surface area contributed by atoms with Crippen molar-refractivity contribution < 1.29 is 9.53 Å². The molecule has 0 N–H and O–H groups in total. The molecule has 1 unspecified atom stereocenters. The van der Waals surface area contributed by atoms with Gasteiger partial charge < -0.3 is 4.74 Å². The Hall–Kier alpha value is -0.530. The molecule has 1 rings (SSSR count). The standard InChI is InChI=1S/C13H24O2/c1-10(2)8-9-11(3)13(14)15-12-6-4-5-7-12/h10-12H,4-9H2,1-3H3. The van der Waals surface area contributed by atoms with Gasteiger partial charge in [-0.25, -0.2) is 0 Å². The predicted molar refractivity (Wildman–Crippen MR) is 61.6 cm³/mol. The van der Waals surface area contributed by atoms with E-state index in [0.29, 0.717) is 5.92 Å². The van der Waals surface area contributed by atoms with Crippen molar-refractivity contribution in [3.8, 4) is 0 Å². The predicted octanol–water partition coefficient (Wildman–Crippen LogP) is 3.54. The molecule has 0 aromatic rings. The highest BCUT2D eigenvalue weighted by molar-refractivity contribution is 5.72. The molecule has 0 amide bonds. The normalized spacial score (nSPS) is 19.5. The van der Waals surface area contributed by atoms with Gasteiger partial charge in [0.1, 0.15) is 6.10 Å². The summed E-state index contributed by atoms with van der Waals surface area (Å²) in [5.41, 5.74) is 0. The summed E-state index contributed by atoms with van der Waals surface area (Å²) in [6.45, 7) is 6.36. The molecule has 2 nitrogen and oxygen atoms in total. The van der Waals surface area contributed by atoms with Crippen LogP contribution >= 0.6 is 0 Å². The van der Waals surface area contributed by atoms with Gasteiger partial charge in [0.2, 0.25) is 0 Å². The zero-order valence-electron chi connectivity index (χ0n) is 10.3. The van der Waals surface area contributed by atoms with Gasteiger partial charge in [-0.15, -0.1) is 0 Å². The van der Waals surface area contributed by atoms with Crippen molar-refractivity contribution in [2.24, 2.45) is 11.8 Å². The van der Waals surface area contributed by atoms with Gasteiger partial charge in [0.25, 0.3) is 0 Å². The van der Waals surface area contributed by atoms with Gasteiger partial charge in [0, 0.05) is 0 Å². The topological polar surface area (TPSA) is 26.3 Å². The lowest BCUT2D eigenvalue weighted by Gasteiger charge is -2.16. The molecule has 0 bridgehead atoms. The van der Waals surface area contributed by atoms with E-state index in [4.69, 9.17) is 4.74 Å². The van der Waals surface area contributed by atoms with Crippen LogP contribution in [0.4, 0.5) is 0 Å². The van der Waals surface area contributed by atoms with Crippen LogP contribution in [0.25, 0.3) is 0 Å². The van der Waals surface area contributed by atoms with Gasteiger partial charge >= 0.3 is 5.97 Å². The highest BCUT2D eigenvalue weighted by atomic mass is 16.5. The molecule has 88 valence electrons. The number of rotatable bonds is 5. The van der Waals surface area contributed by atoms with E-state index in [-0.39, 0.29) is 18.0 Å². The van der Waals surface area contributed by atoms with Gasteiger partial charge in [-0.05, 0) is 38.0 Å². The lowest BCUT2D eigenvalue weighted by atomic mass is 9.99. The lowest BCUT2D eigenvalue weighted by molar-refractivity contribution is -0.153. The minimum Gasteiger partial charge on any atom is -0.462 e. The largest absolute Gasteiger partial charge is 0.462 e. The van der Waals surface area contributed by atoms with E-state index >= 15 is 0 Å². The molecule has 0 aliphatic heterocycles. The molecule has 0 saturated heterocycles. The molecule has 0 spiro atoms. The van der Waals surface area contributed by atoms with E-state index < -0.39 is 0 Å². The summed E-state index contributed by atoms with van der Waals surface area (Å²) < 4.78 is 5.47. The Labute approximate surface area is 93.4 Å². The van der Waals surface area contributed by atoms with Crippen LogP contribution in [0, 0.1) is 11.8 Å². The Balaban J connectivity index is 2.20. The monoisotopic (exact) mass is 212 g/mol. The third kappa shape index (κ3) is 4.67. The molecule has 2 heteroatoms. The highest BCUT2D eigenvalue weighted by Gasteiger charge is 2.22. The molecule has 1 saturated carbocycles. The smallest absolute Gasteiger partial charge is 0.308 e. The Kier molecular flexibility index (Phi) is 5.13. The molecular weight excluding hydrogens is 188 g/mol. The summed E-state index contributed by atoms with van der Waals surface area (Å²) in [5, 5.41) is 0. The second-order valence-corrected chi connectivity index (χ2v) is 5.22. The summed E-state index contributed by atoms with van der Waals surface area (Å²) >= 11 is 0. The fourth-order valence-electron chi connectivity index (χ4n) is 1.99. The molecule has 0 heterocycles. The van der Waals surface area contributed by atoms with E-state index in [9.17, 15) is 4.79 Å². The fraction of sp³-hybridized carbons (Fsp3) is 0.923. The second-order valence-electron chi connectivity index (χ2n) is 5.22. The van der Waals surface area contributed by atoms with Gasteiger partial charge in [-0.1, -0.05) is 27.2 Å². The Morgan fingerprint density at radius 1 is 1.20 bits per heavy atom. The fourth-order valence-corrected chi connectivity index (χ4v) is 1.99. The summed E-state index contributed by atoms with van der Waals surface area (Å²) in [6, 6.07) is 0. The van der Waals surface area contributed by atoms with Crippen LogP contribution in [0.3, 0.4) is 0 Å². The summed E-state index contributed by atoms with van der Waals surface area (Å²) in [6.07, 6.45) is 6.88. The lowest BCUT2D eigenvalue weighted by Crippen LogP contribution is -2.21. The van der Waals surface area contributed by atoms with E-state index in [1.165, 1.54) is 12.8 Å². The molecule has 1 aliphatic carbocycles. The molecule has 0 aromatic heterocycles. The first kappa shape index (κ1) is 12.5. The quantitative estimate of drug-likeness (QED) is 0.651. The zero-order chi connectivity index (χ0) is 11.3. The minimum atomic E-state index is 0.0163. The molecule has 0 radical (unpaired) electrons. The van der Waals surface area contributed by atoms with Crippen molar-refractivity contribution in [2.45, 2.75) is 65.4 Å². The van der Waals surface area contributed by atoms with Crippen molar-refractivity contribution in [1.29, 1.82) is 0 Å². The Morgan fingerprint density at radius 2 is 1.80 bits per heavy atom.